The minimum atomic E-state index is -1.61. The predicted octanol–water partition coefficient (Wildman–Crippen LogP) is 7.37. The van der Waals surface area contributed by atoms with Crippen molar-refractivity contribution in [1.82, 2.24) is 0 Å². The van der Waals surface area contributed by atoms with Crippen LogP contribution in [0.2, 0.25) is 0 Å². The summed E-state index contributed by atoms with van der Waals surface area (Å²) in [4.78, 5) is 73.8. The Labute approximate surface area is 351 Å². The topological polar surface area (TPSA) is 176 Å². The number of aryl methyl sites for hydroxylation is 1. The number of esters is 6. The Balaban J connectivity index is 2.48. The molecule has 0 aliphatic carbocycles. The van der Waals surface area contributed by atoms with Crippen LogP contribution in [0.15, 0.2) is 60.7 Å². The van der Waals surface area contributed by atoms with E-state index in [1.165, 1.54) is 32.8 Å². The quantitative estimate of drug-likeness (QED) is 0.0261. The van der Waals surface area contributed by atoms with Crippen molar-refractivity contribution in [3.05, 3.63) is 72.1 Å². The molecular weight excluding hydrogens is 783 g/mol. The van der Waals surface area contributed by atoms with Crippen LogP contribution in [0.4, 0.5) is 4.39 Å². The van der Waals surface area contributed by atoms with Crippen molar-refractivity contribution in [2.24, 2.45) is 5.41 Å². The molecule has 0 aliphatic rings. The van der Waals surface area contributed by atoms with Crippen molar-refractivity contribution in [2.75, 3.05) is 53.4 Å². The van der Waals surface area contributed by atoms with Crippen LogP contribution in [0.5, 0.6) is 11.5 Å². The molecule has 0 fully saturated rings. The van der Waals surface area contributed by atoms with E-state index in [1.54, 1.807) is 37.3 Å². The van der Waals surface area contributed by atoms with E-state index in [-0.39, 0.29) is 30.1 Å². The Bertz CT molecular complexity index is 1790. The van der Waals surface area contributed by atoms with Crippen LogP contribution in [-0.4, -0.2) is 89.2 Å². The minimum Gasteiger partial charge on any atom is -0.492 e. The number of benzene rings is 2. The van der Waals surface area contributed by atoms with Gasteiger partial charge in [-0.3, -0.25) is 19.2 Å². The van der Waals surface area contributed by atoms with Crippen LogP contribution in [0.3, 0.4) is 0 Å². The van der Waals surface area contributed by atoms with Crippen LogP contribution in [0.25, 0.3) is 11.1 Å². The van der Waals surface area contributed by atoms with Crippen LogP contribution < -0.4 is 9.47 Å². The summed E-state index contributed by atoms with van der Waals surface area (Å²) in [6, 6.07) is 9.80. The van der Waals surface area contributed by atoms with Gasteiger partial charge in [-0.05, 0) is 81.0 Å². The van der Waals surface area contributed by atoms with Gasteiger partial charge in [-0.15, -0.1) is 0 Å². The fourth-order valence-corrected chi connectivity index (χ4v) is 5.42. The van der Waals surface area contributed by atoms with E-state index in [4.69, 9.17) is 33.2 Å². The number of carbonyl (C=O) groups excluding carboxylic acids is 6. The maximum absolute atomic E-state index is 15.3. The minimum absolute atomic E-state index is 0.0301. The number of rotatable bonds is 29. The number of ether oxygens (including phenoxy) is 8. The van der Waals surface area contributed by atoms with Crippen molar-refractivity contribution in [3.63, 3.8) is 0 Å². The first-order valence-corrected chi connectivity index (χ1v) is 20.0. The zero-order valence-corrected chi connectivity index (χ0v) is 35.5. The summed E-state index contributed by atoms with van der Waals surface area (Å²) in [6.45, 7) is 12.2. The summed E-state index contributed by atoms with van der Waals surface area (Å²) < 4.78 is 58.3. The Hall–Kier alpha value is -5.73. The van der Waals surface area contributed by atoms with Crippen LogP contribution in [0, 0.1) is 11.2 Å². The lowest BCUT2D eigenvalue weighted by Crippen LogP contribution is -2.44. The molecule has 0 aliphatic heterocycles. The predicted molar refractivity (Wildman–Crippen MR) is 218 cm³/mol. The summed E-state index contributed by atoms with van der Waals surface area (Å²) in [5.74, 6) is -5.13. The fraction of sp³-hybridized carbons (Fsp3) is 0.511. The molecule has 0 spiro atoms. The Morgan fingerprint density at radius 3 is 1.75 bits per heavy atom. The number of unbranched alkanes of at least 4 members (excludes halogenated alkanes) is 5. The maximum atomic E-state index is 15.3. The van der Waals surface area contributed by atoms with Crippen molar-refractivity contribution in [3.8, 4) is 22.6 Å². The molecule has 0 aromatic heterocycles. The second kappa shape index (κ2) is 27.1. The van der Waals surface area contributed by atoms with E-state index >= 15 is 4.39 Å². The largest absolute Gasteiger partial charge is 0.492 e. The van der Waals surface area contributed by atoms with Crippen molar-refractivity contribution in [2.45, 2.75) is 91.9 Å². The first-order valence-electron chi connectivity index (χ1n) is 20.0. The third kappa shape index (κ3) is 18.9. The van der Waals surface area contributed by atoms with Gasteiger partial charge in [-0.1, -0.05) is 64.3 Å². The zero-order valence-electron chi connectivity index (χ0n) is 35.5. The van der Waals surface area contributed by atoms with E-state index in [1.807, 2.05) is 0 Å². The molecule has 1 atom stereocenters. The van der Waals surface area contributed by atoms with Crippen molar-refractivity contribution in [1.29, 1.82) is 0 Å². The van der Waals surface area contributed by atoms with Gasteiger partial charge in [-0.2, -0.15) is 0 Å². The Morgan fingerprint density at radius 1 is 0.600 bits per heavy atom. The van der Waals surface area contributed by atoms with Crippen LogP contribution in [0.1, 0.15) is 91.0 Å². The van der Waals surface area contributed by atoms with E-state index < -0.39 is 86.3 Å². The molecule has 2 rings (SSSR count). The van der Waals surface area contributed by atoms with Crippen LogP contribution in [-0.2, 0) is 63.6 Å². The van der Waals surface area contributed by atoms with Crippen LogP contribution >= 0.6 is 0 Å². The molecule has 330 valence electrons. The summed E-state index contributed by atoms with van der Waals surface area (Å²) in [6.07, 6.45) is 5.62. The van der Waals surface area contributed by atoms with E-state index in [2.05, 4.69) is 24.8 Å². The van der Waals surface area contributed by atoms with E-state index in [0.717, 1.165) is 32.8 Å². The van der Waals surface area contributed by atoms with Gasteiger partial charge in [0.05, 0.1) is 26.9 Å². The molecule has 2 aromatic carbocycles. The monoisotopic (exact) mass is 842 g/mol. The molecule has 0 heterocycles. The highest BCUT2D eigenvalue weighted by Gasteiger charge is 2.38. The number of carbonyl (C=O) groups is 6. The molecule has 14 nitrogen and oxygen atoms in total. The van der Waals surface area contributed by atoms with Gasteiger partial charge in [0.2, 0.25) is 0 Å². The lowest BCUT2D eigenvalue weighted by atomic mass is 9.91. The van der Waals surface area contributed by atoms with Gasteiger partial charge in [-0.25, -0.2) is 14.0 Å². The first kappa shape index (κ1) is 50.4. The highest BCUT2D eigenvalue weighted by Crippen LogP contribution is 2.32. The SMILES string of the molecule is C=C(C)C(=O)OCCCc1cc(-c2ccc(OCCCCCCCC)c(F)c2)ccc1OCC(COC(=O)CC(=O)OC)(COC(=O)CC(=O)OCC)COC(=O)C(=C)C. The first-order chi connectivity index (χ1) is 28.6. The average molecular weight is 843 g/mol. The summed E-state index contributed by atoms with van der Waals surface area (Å²) in [5, 5.41) is 0. The Morgan fingerprint density at radius 2 is 1.15 bits per heavy atom. The molecular formula is C45H59FO14. The summed E-state index contributed by atoms with van der Waals surface area (Å²) >= 11 is 0. The molecule has 0 bridgehead atoms. The number of halogens is 1. The van der Waals surface area contributed by atoms with Gasteiger partial charge < -0.3 is 37.9 Å². The summed E-state index contributed by atoms with van der Waals surface area (Å²) in [5.41, 5.74) is 0.449. The smallest absolute Gasteiger partial charge is 0.333 e. The second-order valence-corrected chi connectivity index (χ2v) is 14.3. The summed E-state index contributed by atoms with van der Waals surface area (Å²) in [7, 11) is 1.10. The fourth-order valence-electron chi connectivity index (χ4n) is 5.42. The molecule has 60 heavy (non-hydrogen) atoms. The van der Waals surface area contributed by atoms with Gasteiger partial charge in [0.25, 0.3) is 0 Å². The van der Waals surface area contributed by atoms with Crippen molar-refractivity contribution >= 4 is 35.8 Å². The van der Waals surface area contributed by atoms with E-state index in [9.17, 15) is 28.8 Å². The van der Waals surface area contributed by atoms with Gasteiger partial charge in [0, 0.05) is 11.1 Å². The molecule has 0 amide bonds. The highest BCUT2D eigenvalue weighted by molar-refractivity contribution is 5.92. The number of hydrogen-bond donors (Lipinski definition) is 0. The van der Waals surface area contributed by atoms with Crippen molar-refractivity contribution < 1.29 is 71.1 Å². The third-order valence-electron chi connectivity index (χ3n) is 8.83. The van der Waals surface area contributed by atoms with Gasteiger partial charge in [0.1, 0.15) is 50.4 Å². The lowest BCUT2D eigenvalue weighted by Gasteiger charge is -2.32. The van der Waals surface area contributed by atoms with Gasteiger partial charge >= 0.3 is 35.8 Å². The standard InChI is InChI=1S/C45H59FO14/c1-8-10-11-12-13-14-21-55-38-20-18-34(24-36(38)46)33-17-19-37(35(23-33)16-15-22-56-43(51)31(3)4)57-27-45(30-60-44(52)32(5)6,28-58-41(49)25-39(47)53-7)29-59-42(50)26-40(48)54-9-2/h17-20,23-24H,3,5,8-16,21-22,25-30H2,1-2,4,6-7H3. The van der Waals surface area contributed by atoms with Gasteiger partial charge in [0.15, 0.2) is 11.6 Å². The Kier molecular flexibility index (Phi) is 22.8. The molecule has 0 radical (unpaired) electrons. The second-order valence-electron chi connectivity index (χ2n) is 14.3. The molecule has 0 N–H and O–H groups in total. The molecule has 15 heteroatoms. The molecule has 0 saturated heterocycles. The average Bonchev–Trinajstić information content (AvgIpc) is 3.21. The maximum Gasteiger partial charge on any atom is 0.333 e. The number of methoxy groups -OCH3 is 1. The third-order valence-corrected chi connectivity index (χ3v) is 8.83. The highest BCUT2D eigenvalue weighted by atomic mass is 19.1. The molecule has 1 unspecified atom stereocenters. The zero-order chi connectivity index (χ0) is 44.5. The number of hydrogen-bond acceptors (Lipinski definition) is 14. The normalized spacial score (nSPS) is 11.6. The van der Waals surface area contributed by atoms with E-state index in [0.29, 0.717) is 41.9 Å². The molecule has 0 saturated carbocycles. The lowest BCUT2D eigenvalue weighted by molar-refractivity contribution is -0.165. The molecule has 2 aromatic rings.